The molecule has 1 amide bonds. The Bertz CT molecular complexity index is 606. The number of hydrogen-bond acceptors (Lipinski definition) is 6. The molecule has 0 radical (unpaired) electrons. The lowest BCUT2D eigenvalue weighted by molar-refractivity contribution is -0.301. The van der Waals surface area contributed by atoms with Gasteiger partial charge in [0.15, 0.2) is 11.6 Å². The van der Waals surface area contributed by atoms with Crippen LogP contribution in [0.15, 0.2) is 0 Å². The van der Waals surface area contributed by atoms with Crippen molar-refractivity contribution >= 4 is 6.09 Å². The van der Waals surface area contributed by atoms with Crippen molar-refractivity contribution in [1.82, 2.24) is 5.32 Å². The van der Waals surface area contributed by atoms with Crippen molar-refractivity contribution in [2.75, 3.05) is 26.4 Å². The first-order chi connectivity index (χ1) is 16.4. The van der Waals surface area contributed by atoms with Crippen molar-refractivity contribution in [2.24, 2.45) is 0 Å². The molecule has 3 aliphatic heterocycles. The van der Waals surface area contributed by atoms with E-state index in [1.165, 1.54) is 70.6 Å². The second-order valence-corrected chi connectivity index (χ2v) is 10.9. The topological polar surface area (TPSA) is 75.3 Å². The standard InChI is InChI=1S/C27H49NO6/c1-4-5-6-14-17-27(31-19-20-32-27)18-15-12-10-8-7-9-11-13-16-23-26(21-30-24(29)28-26)22-33-25(2,3)34-23/h23H,4-22H2,1-3H3,(H,28,29)/t23-,26-/m1/s1. The second kappa shape index (κ2) is 13.4. The summed E-state index contributed by atoms with van der Waals surface area (Å²) in [6.45, 7) is 8.39. The highest BCUT2D eigenvalue weighted by Gasteiger charge is 2.52. The first-order valence-corrected chi connectivity index (χ1v) is 13.9. The molecule has 0 aromatic heterocycles. The van der Waals surface area contributed by atoms with Gasteiger partial charge in [0.1, 0.15) is 12.1 Å². The molecule has 3 rings (SSSR count). The predicted octanol–water partition coefficient (Wildman–Crippen LogP) is 6.23. The molecule has 1 spiro atoms. The highest BCUT2D eigenvalue weighted by Crippen LogP contribution is 2.35. The molecule has 1 N–H and O–H groups in total. The van der Waals surface area contributed by atoms with Crippen molar-refractivity contribution in [2.45, 2.75) is 140 Å². The van der Waals surface area contributed by atoms with Crippen LogP contribution in [-0.4, -0.2) is 55.7 Å². The van der Waals surface area contributed by atoms with Crippen LogP contribution in [0.25, 0.3) is 0 Å². The summed E-state index contributed by atoms with van der Waals surface area (Å²) in [6, 6.07) is 0. The molecule has 7 nitrogen and oxygen atoms in total. The summed E-state index contributed by atoms with van der Waals surface area (Å²) in [4.78, 5) is 11.7. The van der Waals surface area contributed by atoms with Crippen LogP contribution in [0.5, 0.6) is 0 Å². The SMILES string of the molecule is CCCCCCC1(CCCCCCCCCC[C@H]2OC(C)(C)OC[C@]23COC(=O)N3)OCCO1. The van der Waals surface area contributed by atoms with Crippen LogP contribution in [0.3, 0.4) is 0 Å². The number of hydrogen-bond donors (Lipinski definition) is 1. The summed E-state index contributed by atoms with van der Waals surface area (Å²) < 4.78 is 29.2. The monoisotopic (exact) mass is 483 g/mol. The summed E-state index contributed by atoms with van der Waals surface area (Å²) in [5, 5.41) is 2.95. The smallest absolute Gasteiger partial charge is 0.407 e. The van der Waals surface area contributed by atoms with Crippen molar-refractivity contribution in [3.8, 4) is 0 Å². The predicted molar refractivity (Wildman–Crippen MR) is 132 cm³/mol. The van der Waals surface area contributed by atoms with E-state index in [2.05, 4.69) is 12.2 Å². The van der Waals surface area contributed by atoms with Gasteiger partial charge in [-0.05, 0) is 33.1 Å². The van der Waals surface area contributed by atoms with Crippen LogP contribution in [0.4, 0.5) is 4.79 Å². The summed E-state index contributed by atoms with van der Waals surface area (Å²) in [7, 11) is 0. The number of cyclic esters (lactones) is 1. The van der Waals surface area contributed by atoms with Crippen LogP contribution >= 0.6 is 0 Å². The fourth-order valence-corrected chi connectivity index (χ4v) is 5.46. The molecule has 0 bridgehead atoms. The molecule has 0 aliphatic carbocycles. The number of rotatable bonds is 16. The summed E-state index contributed by atoms with van der Waals surface area (Å²) in [6.07, 6.45) is 17.5. The zero-order valence-corrected chi connectivity index (χ0v) is 22.0. The minimum atomic E-state index is -0.619. The number of ether oxygens (including phenoxy) is 5. The number of nitrogens with one attached hydrogen (secondary N) is 1. The van der Waals surface area contributed by atoms with Gasteiger partial charge in [-0.1, -0.05) is 71.1 Å². The second-order valence-electron chi connectivity index (χ2n) is 10.9. The van der Waals surface area contributed by atoms with E-state index in [-0.39, 0.29) is 18.0 Å². The van der Waals surface area contributed by atoms with Crippen molar-refractivity contribution in [3.63, 3.8) is 0 Å². The fraction of sp³-hybridized carbons (Fsp3) is 0.963. The molecule has 2 atom stereocenters. The Balaban J connectivity index is 1.23. The van der Waals surface area contributed by atoms with E-state index in [0.29, 0.717) is 13.2 Å². The molecule has 3 fully saturated rings. The van der Waals surface area contributed by atoms with E-state index < -0.39 is 11.3 Å². The van der Waals surface area contributed by atoms with Crippen molar-refractivity contribution in [3.05, 3.63) is 0 Å². The van der Waals surface area contributed by atoms with Gasteiger partial charge in [-0.25, -0.2) is 4.79 Å². The van der Waals surface area contributed by atoms with Gasteiger partial charge in [-0.2, -0.15) is 0 Å². The molecular weight excluding hydrogens is 434 g/mol. The largest absolute Gasteiger partial charge is 0.447 e. The average Bonchev–Trinajstić information content (AvgIpc) is 3.43. The van der Waals surface area contributed by atoms with Crippen molar-refractivity contribution in [1.29, 1.82) is 0 Å². The molecule has 0 aromatic carbocycles. The van der Waals surface area contributed by atoms with Gasteiger partial charge < -0.3 is 29.0 Å². The van der Waals surface area contributed by atoms with E-state index in [1.807, 2.05) is 13.8 Å². The average molecular weight is 484 g/mol. The number of carbonyl (C=O) groups excluding carboxylic acids is 1. The van der Waals surface area contributed by atoms with E-state index in [0.717, 1.165) is 38.9 Å². The Labute approximate surface area is 206 Å². The Morgan fingerprint density at radius 1 is 0.794 bits per heavy atom. The van der Waals surface area contributed by atoms with E-state index in [1.54, 1.807) is 0 Å². The van der Waals surface area contributed by atoms with Crippen LogP contribution in [-0.2, 0) is 23.7 Å². The van der Waals surface area contributed by atoms with E-state index in [9.17, 15) is 4.79 Å². The lowest BCUT2D eigenvalue weighted by atomic mass is 9.89. The summed E-state index contributed by atoms with van der Waals surface area (Å²) in [5.74, 6) is -0.901. The summed E-state index contributed by atoms with van der Waals surface area (Å²) >= 11 is 0. The number of alkyl carbamates (subject to hydrolysis) is 1. The van der Waals surface area contributed by atoms with E-state index in [4.69, 9.17) is 23.7 Å². The zero-order valence-electron chi connectivity index (χ0n) is 22.0. The van der Waals surface area contributed by atoms with Gasteiger partial charge in [-0.15, -0.1) is 0 Å². The maximum atomic E-state index is 11.7. The minimum absolute atomic E-state index is 0.0722. The van der Waals surface area contributed by atoms with Crippen LogP contribution in [0.1, 0.15) is 117 Å². The van der Waals surface area contributed by atoms with Gasteiger partial charge in [0, 0.05) is 12.8 Å². The number of carbonyl (C=O) groups is 1. The van der Waals surface area contributed by atoms with Crippen LogP contribution in [0.2, 0.25) is 0 Å². The minimum Gasteiger partial charge on any atom is -0.447 e. The van der Waals surface area contributed by atoms with E-state index >= 15 is 0 Å². The van der Waals surface area contributed by atoms with Gasteiger partial charge in [-0.3, -0.25) is 0 Å². The molecule has 7 heteroatoms. The third kappa shape index (κ3) is 8.35. The third-order valence-corrected chi connectivity index (χ3v) is 7.53. The van der Waals surface area contributed by atoms with Crippen LogP contribution in [0, 0.1) is 0 Å². The molecule has 198 valence electrons. The first kappa shape index (κ1) is 27.7. The Morgan fingerprint density at radius 3 is 1.97 bits per heavy atom. The molecule has 0 saturated carbocycles. The van der Waals surface area contributed by atoms with Crippen LogP contribution < -0.4 is 5.32 Å². The molecular formula is C27H49NO6. The molecule has 3 saturated heterocycles. The maximum Gasteiger partial charge on any atom is 0.407 e. The number of amides is 1. The quantitative estimate of drug-likeness (QED) is 0.262. The Morgan fingerprint density at radius 2 is 1.38 bits per heavy atom. The Hall–Kier alpha value is -0.890. The molecule has 0 aromatic rings. The highest BCUT2D eigenvalue weighted by molar-refractivity contribution is 5.71. The normalized spacial score (nSPS) is 27.7. The first-order valence-electron chi connectivity index (χ1n) is 13.9. The third-order valence-electron chi connectivity index (χ3n) is 7.53. The Kier molecular flexibility index (Phi) is 10.9. The zero-order chi connectivity index (χ0) is 24.3. The van der Waals surface area contributed by atoms with Gasteiger partial charge in [0.05, 0.1) is 25.9 Å². The molecule has 3 aliphatic rings. The number of unbranched alkanes of at least 4 members (excludes halogenated alkanes) is 10. The maximum absolute atomic E-state index is 11.7. The molecule has 3 heterocycles. The lowest BCUT2D eigenvalue weighted by Gasteiger charge is -2.46. The lowest BCUT2D eigenvalue weighted by Crippen LogP contribution is -2.64. The van der Waals surface area contributed by atoms with Crippen molar-refractivity contribution < 1.29 is 28.5 Å². The summed E-state index contributed by atoms with van der Waals surface area (Å²) in [5.41, 5.74) is -0.535. The molecule has 34 heavy (non-hydrogen) atoms. The van der Waals surface area contributed by atoms with Gasteiger partial charge in [0.25, 0.3) is 0 Å². The van der Waals surface area contributed by atoms with Gasteiger partial charge >= 0.3 is 6.09 Å². The fourth-order valence-electron chi connectivity index (χ4n) is 5.46. The highest BCUT2D eigenvalue weighted by atomic mass is 16.7. The molecule has 0 unspecified atom stereocenters. The van der Waals surface area contributed by atoms with Gasteiger partial charge in [0.2, 0.25) is 0 Å².